The second-order valence-corrected chi connectivity index (χ2v) is 4.53. The zero-order valence-corrected chi connectivity index (χ0v) is 9.64. The maximum atomic E-state index is 5.62. The van der Waals surface area contributed by atoms with E-state index in [4.69, 9.17) is 5.73 Å². The van der Waals surface area contributed by atoms with E-state index in [2.05, 4.69) is 16.9 Å². The molecule has 2 aromatic heterocycles. The number of pyridine rings is 1. The smallest absolute Gasteiger partial charge is 0.142 e. The Bertz CT molecular complexity index is 476. The van der Waals surface area contributed by atoms with Crippen molar-refractivity contribution in [3.63, 3.8) is 0 Å². The Morgan fingerprint density at radius 2 is 2.20 bits per heavy atom. The van der Waals surface area contributed by atoms with E-state index in [1.165, 1.54) is 5.56 Å². The largest absolute Gasteiger partial charge is 0.326 e. The van der Waals surface area contributed by atoms with Crippen molar-refractivity contribution in [3.8, 4) is 10.7 Å². The van der Waals surface area contributed by atoms with Gasteiger partial charge in [0.25, 0.3) is 0 Å². The Kier molecular flexibility index (Phi) is 2.79. The highest BCUT2D eigenvalue weighted by atomic mass is 32.1. The first-order chi connectivity index (χ1) is 7.20. The van der Waals surface area contributed by atoms with Gasteiger partial charge in [-0.1, -0.05) is 0 Å². The lowest BCUT2D eigenvalue weighted by Gasteiger charge is -1.95. The summed E-state index contributed by atoms with van der Waals surface area (Å²) in [5.41, 5.74) is 8.77. The zero-order valence-electron chi connectivity index (χ0n) is 8.82. The van der Waals surface area contributed by atoms with Crippen LogP contribution in [-0.4, -0.2) is 9.97 Å². The molecule has 2 N–H and O–H groups in total. The molecule has 0 bridgehead atoms. The molecule has 4 heteroatoms. The highest BCUT2D eigenvalue weighted by Crippen LogP contribution is 2.26. The van der Waals surface area contributed by atoms with Crippen LogP contribution in [0.4, 0.5) is 0 Å². The van der Waals surface area contributed by atoms with Crippen LogP contribution in [0.5, 0.6) is 0 Å². The molecule has 0 spiro atoms. The number of hydrogen-bond donors (Lipinski definition) is 1. The van der Waals surface area contributed by atoms with Crippen LogP contribution in [0.1, 0.15) is 16.1 Å². The van der Waals surface area contributed by atoms with Crippen molar-refractivity contribution in [3.05, 3.63) is 34.5 Å². The van der Waals surface area contributed by atoms with Crippen LogP contribution >= 0.6 is 11.3 Å². The summed E-state index contributed by atoms with van der Waals surface area (Å²) >= 11 is 1.62. The normalized spacial score (nSPS) is 10.6. The number of aryl methyl sites for hydroxylation is 2. The second kappa shape index (κ2) is 4.08. The monoisotopic (exact) mass is 219 g/mol. The fourth-order valence-corrected chi connectivity index (χ4v) is 2.29. The van der Waals surface area contributed by atoms with Gasteiger partial charge in [0.05, 0.1) is 11.4 Å². The first kappa shape index (κ1) is 10.3. The number of rotatable bonds is 2. The topological polar surface area (TPSA) is 51.8 Å². The number of aromatic nitrogens is 2. The lowest BCUT2D eigenvalue weighted by atomic mass is 10.2. The number of nitrogens with zero attached hydrogens (tertiary/aromatic N) is 2. The van der Waals surface area contributed by atoms with Gasteiger partial charge in [-0.15, -0.1) is 11.3 Å². The van der Waals surface area contributed by atoms with Crippen LogP contribution in [0.2, 0.25) is 0 Å². The minimum atomic E-state index is 0.551. The molecular formula is C11H13N3S. The van der Waals surface area contributed by atoms with E-state index in [0.29, 0.717) is 6.54 Å². The lowest BCUT2D eigenvalue weighted by Crippen LogP contribution is -1.94. The molecule has 0 aliphatic carbocycles. The highest BCUT2D eigenvalue weighted by molar-refractivity contribution is 7.15. The predicted octanol–water partition coefficient (Wildman–Crippen LogP) is 2.28. The summed E-state index contributed by atoms with van der Waals surface area (Å²) < 4.78 is 0. The highest BCUT2D eigenvalue weighted by Gasteiger charge is 2.08. The molecule has 3 nitrogen and oxygen atoms in total. The lowest BCUT2D eigenvalue weighted by molar-refractivity contribution is 1.06. The molecule has 0 aromatic carbocycles. The van der Waals surface area contributed by atoms with E-state index in [9.17, 15) is 0 Å². The van der Waals surface area contributed by atoms with Gasteiger partial charge in [-0.2, -0.15) is 0 Å². The van der Waals surface area contributed by atoms with Crippen molar-refractivity contribution >= 4 is 11.3 Å². The van der Waals surface area contributed by atoms with Crippen molar-refractivity contribution in [1.29, 1.82) is 0 Å². The average molecular weight is 219 g/mol. The summed E-state index contributed by atoms with van der Waals surface area (Å²) in [6.07, 6.45) is 1.81. The standard InChI is InChI=1S/C11H13N3S/c1-7-3-4-13-9(5-7)11-14-8(2)10(6-12)15-11/h3-5H,6,12H2,1-2H3. The van der Waals surface area contributed by atoms with Gasteiger partial charge in [0.15, 0.2) is 0 Å². The van der Waals surface area contributed by atoms with Crippen molar-refractivity contribution in [2.45, 2.75) is 20.4 Å². The van der Waals surface area contributed by atoms with Gasteiger partial charge >= 0.3 is 0 Å². The van der Waals surface area contributed by atoms with Crippen molar-refractivity contribution < 1.29 is 0 Å². The molecule has 0 aliphatic heterocycles. The summed E-state index contributed by atoms with van der Waals surface area (Å²) in [7, 11) is 0. The van der Waals surface area contributed by atoms with Gasteiger partial charge in [-0.3, -0.25) is 4.98 Å². The van der Waals surface area contributed by atoms with Crippen LogP contribution in [-0.2, 0) is 6.54 Å². The fourth-order valence-electron chi connectivity index (χ4n) is 1.38. The first-order valence-electron chi connectivity index (χ1n) is 4.80. The summed E-state index contributed by atoms with van der Waals surface area (Å²) in [6, 6.07) is 4.02. The maximum absolute atomic E-state index is 5.62. The predicted molar refractivity (Wildman–Crippen MR) is 62.7 cm³/mol. The summed E-state index contributed by atoms with van der Waals surface area (Å²) in [5.74, 6) is 0. The van der Waals surface area contributed by atoms with Crippen molar-refractivity contribution in [1.82, 2.24) is 9.97 Å². The number of nitrogens with two attached hydrogens (primary N) is 1. The Labute approximate surface area is 93.0 Å². The third-order valence-electron chi connectivity index (χ3n) is 2.21. The SMILES string of the molecule is Cc1ccnc(-c2nc(C)c(CN)s2)c1. The van der Waals surface area contributed by atoms with Gasteiger partial charge in [0.1, 0.15) is 5.01 Å². The molecule has 0 radical (unpaired) electrons. The van der Waals surface area contributed by atoms with Crippen LogP contribution in [0.25, 0.3) is 10.7 Å². The van der Waals surface area contributed by atoms with Crippen molar-refractivity contribution in [2.24, 2.45) is 5.73 Å². The molecule has 15 heavy (non-hydrogen) atoms. The van der Waals surface area contributed by atoms with Gasteiger partial charge in [-0.05, 0) is 31.5 Å². The minimum absolute atomic E-state index is 0.551. The molecule has 2 aromatic rings. The molecule has 0 atom stereocenters. The molecular weight excluding hydrogens is 206 g/mol. The fraction of sp³-hybridized carbons (Fsp3) is 0.273. The molecule has 0 aliphatic rings. The van der Waals surface area contributed by atoms with Crippen LogP contribution in [0.15, 0.2) is 18.3 Å². The van der Waals surface area contributed by atoms with E-state index in [-0.39, 0.29) is 0 Å². The minimum Gasteiger partial charge on any atom is -0.326 e. The Morgan fingerprint density at radius 3 is 2.80 bits per heavy atom. The van der Waals surface area contributed by atoms with Crippen LogP contribution in [0.3, 0.4) is 0 Å². The molecule has 78 valence electrons. The molecule has 0 saturated heterocycles. The second-order valence-electron chi connectivity index (χ2n) is 3.45. The van der Waals surface area contributed by atoms with Crippen LogP contribution < -0.4 is 5.73 Å². The van der Waals surface area contributed by atoms with Gasteiger partial charge < -0.3 is 5.73 Å². The van der Waals surface area contributed by atoms with E-state index < -0.39 is 0 Å². The molecule has 2 rings (SSSR count). The van der Waals surface area contributed by atoms with Crippen molar-refractivity contribution in [2.75, 3.05) is 0 Å². The number of hydrogen-bond acceptors (Lipinski definition) is 4. The Hall–Kier alpha value is -1.26. The zero-order chi connectivity index (χ0) is 10.8. The summed E-state index contributed by atoms with van der Waals surface area (Å²) in [6.45, 7) is 4.59. The van der Waals surface area contributed by atoms with Gasteiger partial charge in [0.2, 0.25) is 0 Å². The van der Waals surface area contributed by atoms with E-state index >= 15 is 0 Å². The maximum Gasteiger partial charge on any atom is 0.142 e. The van der Waals surface area contributed by atoms with Gasteiger partial charge in [-0.25, -0.2) is 4.98 Å². The molecule has 0 amide bonds. The Morgan fingerprint density at radius 1 is 1.40 bits per heavy atom. The molecule has 0 saturated carbocycles. The molecule has 0 fully saturated rings. The van der Waals surface area contributed by atoms with E-state index in [1.807, 2.05) is 25.3 Å². The van der Waals surface area contributed by atoms with E-state index in [1.54, 1.807) is 11.3 Å². The third kappa shape index (κ3) is 2.06. The van der Waals surface area contributed by atoms with E-state index in [0.717, 1.165) is 21.3 Å². The average Bonchev–Trinajstić information content (AvgIpc) is 2.60. The first-order valence-corrected chi connectivity index (χ1v) is 5.61. The quantitative estimate of drug-likeness (QED) is 0.843. The Balaban J connectivity index is 2.45. The van der Waals surface area contributed by atoms with Crippen LogP contribution in [0, 0.1) is 13.8 Å². The summed E-state index contributed by atoms with van der Waals surface area (Å²) in [5, 5.41) is 0.955. The summed E-state index contributed by atoms with van der Waals surface area (Å²) in [4.78, 5) is 9.91. The van der Waals surface area contributed by atoms with Gasteiger partial charge in [0, 0.05) is 17.6 Å². The molecule has 0 unspecified atom stereocenters. The number of thiazole rings is 1. The molecule has 2 heterocycles. The third-order valence-corrected chi connectivity index (χ3v) is 3.41.